The number of anilines is 2. The van der Waals surface area contributed by atoms with Crippen molar-refractivity contribution in [2.75, 3.05) is 23.4 Å². The molecule has 0 aromatic heterocycles. The van der Waals surface area contributed by atoms with Gasteiger partial charge in [-0.2, -0.15) is 0 Å². The van der Waals surface area contributed by atoms with Crippen molar-refractivity contribution in [2.45, 2.75) is 27.2 Å². The molecule has 1 atom stereocenters. The van der Waals surface area contributed by atoms with Crippen LogP contribution < -0.4 is 10.2 Å². The fraction of sp³-hybridized carbons (Fsp3) is 0.318. The van der Waals surface area contributed by atoms with Crippen LogP contribution in [0.3, 0.4) is 0 Å². The summed E-state index contributed by atoms with van der Waals surface area (Å²) >= 11 is 3.45. The number of benzene rings is 2. The van der Waals surface area contributed by atoms with Crippen LogP contribution in [0.5, 0.6) is 0 Å². The van der Waals surface area contributed by atoms with Crippen LogP contribution in [0.15, 0.2) is 40.9 Å². The number of esters is 1. The lowest BCUT2D eigenvalue weighted by Crippen LogP contribution is -2.28. The van der Waals surface area contributed by atoms with Gasteiger partial charge in [-0.3, -0.25) is 14.4 Å². The summed E-state index contributed by atoms with van der Waals surface area (Å²) in [5.41, 5.74) is 4.41. The molecule has 2 amide bonds. The van der Waals surface area contributed by atoms with Gasteiger partial charge >= 0.3 is 5.97 Å². The number of rotatable bonds is 5. The number of aryl methyl sites for hydroxylation is 1. The average molecular weight is 459 g/mol. The summed E-state index contributed by atoms with van der Waals surface area (Å²) in [5, 5.41) is 2.76. The molecule has 2 aromatic carbocycles. The lowest BCUT2D eigenvalue weighted by molar-refractivity contribution is -0.151. The molecule has 29 heavy (non-hydrogen) atoms. The summed E-state index contributed by atoms with van der Waals surface area (Å²) in [7, 11) is 0. The van der Waals surface area contributed by atoms with Crippen molar-refractivity contribution in [3.8, 4) is 0 Å². The van der Waals surface area contributed by atoms with E-state index in [-0.39, 0.29) is 25.5 Å². The number of nitrogens with zero attached hydrogens (tertiary/aromatic N) is 1. The van der Waals surface area contributed by atoms with Crippen LogP contribution in [0.25, 0.3) is 0 Å². The minimum atomic E-state index is -0.577. The number of ether oxygens (including phenoxy) is 1. The molecule has 0 radical (unpaired) electrons. The van der Waals surface area contributed by atoms with Gasteiger partial charge in [0.1, 0.15) is 0 Å². The first-order valence-corrected chi connectivity index (χ1v) is 10.2. The summed E-state index contributed by atoms with van der Waals surface area (Å²) < 4.78 is 6.14. The van der Waals surface area contributed by atoms with Crippen LogP contribution in [0.1, 0.15) is 23.1 Å². The Kier molecular flexibility index (Phi) is 6.37. The Morgan fingerprint density at radius 2 is 1.86 bits per heavy atom. The van der Waals surface area contributed by atoms with Crippen LogP contribution in [-0.4, -0.2) is 30.9 Å². The Balaban J connectivity index is 1.56. The second-order valence-electron chi connectivity index (χ2n) is 7.19. The Hall–Kier alpha value is -2.67. The Morgan fingerprint density at radius 1 is 1.14 bits per heavy atom. The molecule has 0 aliphatic carbocycles. The summed E-state index contributed by atoms with van der Waals surface area (Å²) in [5.74, 6) is -1.64. The molecule has 2 aromatic rings. The molecule has 1 fully saturated rings. The largest absolute Gasteiger partial charge is 0.455 e. The van der Waals surface area contributed by atoms with E-state index in [4.69, 9.17) is 4.74 Å². The zero-order valence-corrected chi connectivity index (χ0v) is 18.2. The summed E-state index contributed by atoms with van der Waals surface area (Å²) in [6.45, 7) is 5.65. The smallest absolute Gasteiger partial charge is 0.311 e. The van der Waals surface area contributed by atoms with Gasteiger partial charge < -0.3 is 15.0 Å². The second-order valence-corrected chi connectivity index (χ2v) is 8.05. The van der Waals surface area contributed by atoms with Crippen LogP contribution in [0.2, 0.25) is 0 Å². The average Bonchev–Trinajstić information content (AvgIpc) is 3.08. The van der Waals surface area contributed by atoms with E-state index in [1.807, 2.05) is 51.1 Å². The fourth-order valence-corrected chi connectivity index (χ4v) is 3.76. The van der Waals surface area contributed by atoms with Gasteiger partial charge in [-0.05, 0) is 55.7 Å². The topological polar surface area (TPSA) is 75.7 Å². The van der Waals surface area contributed by atoms with Crippen molar-refractivity contribution < 1.29 is 19.1 Å². The van der Waals surface area contributed by atoms with Crippen molar-refractivity contribution in [3.63, 3.8) is 0 Å². The molecule has 1 saturated heterocycles. The van der Waals surface area contributed by atoms with Gasteiger partial charge in [0.25, 0.3) is 5.91 Å². The van der Waals surface area contributed by atoms with Gasteiger partial charge in [0.05, 0.1) is 5.92 Å². The minimum Gasteiger partial charge on any atom is -0.455 e. The number of amides is 2. The molecule has 1 aliphatic rings. The van der Waals surface area contributed by atoms with Crippen molar-refractivity contribution in [2.24, 2.45) is 5.92 Å². The number of carbonyl (C=O) groups is 3. The van der Waals surface area contributed by atoms with Gasteiger partial charge in [0.2, 0.25) is 5.91 Å². The molecule has 1 aliphatic heterocycles. The Bertz CT molecular complexity index is 973. The molecule has 1 N–H and O–H groups in total. The van der Waals surface area contributed by atoms with E-state index in [1.54, 1.807) is 11.0 Å². The lowest BCUT2D eigenvalue weighted by atomic mass is 10.1. The van der Waals surface area contributed by atoms with E-state index in [1.165, 1.54) is 0 Å². The molecule has 7 heteroatoms. The maximum absolute atomic E-state index is 12.4. The summed E-state index contributed by atoms with van der Waals surface area (Å²) in [4.78, 5) is 38.5. The van der Waals surface area contributed by atoms with Crippen molar-refractivity contribution in [3.05, 3.63) is 57.6 Å². The van der Waals surface area contributed by atoms with Crippen LogP contribution in [0.4, 0.5) is 11.4 Å². The first-order chi connectivity index (χ1) is 13.8. The third-order valence-electron chi connectivity index (χ3n) is 5.21. The maximum atomic E-state index is 12.4. The molecule has 0 saturated carbocycles. The zero-order valence-electron chi connectivity index (χ0n) is 16.6. The quantitative estimate of drug-likeness (QED) is 0.689. The third-order valence-corrected chi connectivity index (χ3v) is 6.06. The molecule has 3 rings (SSSR count). The van der Waals surface area contributed by atoms with Gasteiger partial charge in [0, 0.05) is 28.8 Å². The molecule has 0 unspecified atom stereocenters. The van der Waals surface area contributed by atoms with E-state index in [0.29, 0.717) is 5.69 Å². The first-order valence-electron chi connectivity index (χ1n) is 9.36. The summed E-state index contributed by atoms with van der Waals surface area (Å²) in [6.07, 6.45) is 0.0831. The van der Waals surface area contributed by atoms with Crippen LogP contribution in [-0.2, 0) is 19.1 Å². The predicted octanol–water partition coefficient (Wildman–Crippen LogP) is 3.91. The molecule has 0 bridgehead atoms. The molecule has 6 nitrogen and oxygen atoms in total. The highest BCUT2D eigenvalue weighted by Crippen LogP contribution is 2.28. The molecule has 152 valence electrons. The molecular formula is C22H23BrN2O4. The van der Waals surface area contributed by atoms with Crippen molar-refractivity contribution >= 4 is 45.1 Å². The van der Waals surface area contributed by atoms with E-state index < -0.39 is 17.8 Å². The second kappa shape index (κ2) is 8.78. The van der Waals surface area contributed by atoms with Gasteiger partial charge in [-0.1, -0.05) is 34.1 Å². The van der Waals surface area contributed by atoms with E-state index in [2.05, 4.69) is 21.2 Å². The van der Waals surface area contributed by atoms with Gasteiger partial charge in [-0.25, -0.2) is 0 Å². The first kappa shape index (κ1) is 21.0. The van der Waals surface area contributed by atoms with E-state index in [9.17, 15) is 14.4 Å². The molecule has 1 heterocycles. The van der Waals surface area contributed by atoms with Crippen molar-refractivity contribution in [1.82, 2.24) is 0 Å². The SMILES string of the molecule is Cc1ccccc1N1C[C@H](C(=O)OCC(=O)Nc2ccc(Br)c(C)c2C)CC1=O. The predicted molar refractivity (Wildman–Crippen MR) is 115 cm³/mol. The minimum absolute atomic E-state index is 0.0831. The van der Waals surface area contributed by atoms with Crippen LogP contribution in [0, 0.1) is 26.7 Å². The number of nitrogens with one attached hydrogen (secondary N) is 1. The number of para-hydroxylation sites is 1. The van der Waals surface area contributed by atoms with E-state index in [0.717, 1.165) is 26.9 Å². The fourth-order valence-electron chi connectivity index (χ4n) is 3.33. The third kappa shape index (κ3) is 4.67. The molecule has 0 spiro atoms. The van der Waals surface area contributed by atoms with Crippen molar-refractivity contribution in [1.29, 1.82) is 0 Å². The highest BCUT2D eigenvalue weighted by atomic mass is 79.9. The molecular weight excluding hydrogens is 436 g/mol. The zero-order chi connectivity index (χ0) is 21.1. The maximum Gasteiger partial charge on any atom is 0.311 e. The standard InChI is InChI=1S/C22H23BrN2O4/c1-13-6-4-5-7-19(13)25-11-16(10-21(25)27)22(28)29-12-20(26)24-18-9-8-17(23)14(2)15(18)3/h4-9,16H,10-12H2,1-3H3,(H,24,26)/t16-/m1/s1. The van der Waals surface area contributed by atoms with Gasteiger partial charge in [-0.15, -0.1) is 0 Å². The lowest BCUT2D eigenvalue weighted by Gasteiger charge is -2.18. The Labute approximate surface area is 178 Å². The summed E-state index contributed by atoms with van der Waals surface area (Å²) in [6, 6.07) is 11.2. The highest BCUT2D eigenvalue weighted by molar-refractivity contribution is 9.10. The number of halogens is 1. The van der Waals surface area contributed by atoms with E-state index >= 15 is 0 Å². The number of hydrogen-bond acceptors (Lipinski definition) is 4. The Morgan fingerprint density at radius 3 is 2.59 bits per heavy atom. The number of hydrogen-bond donors (Lipinski definition) is 1. The van der Waals surface area contributed by atoms with Gasteiger partial charge in [0.15, 0.2) is 6.61 Å². The monoisotopic (exact) mass is 458 g/mol. The normalized spacial score (nSPS) is 16.1. The van der Waals surface area contributed by atoms with Crippen LogP contribution >= 0.6 is 15.9 Å². The highest BCUT2D eigenvalue weighted by Gasteiger charge is 2.36. The number of carbonyl (C=O) groups excluding carboxylic acids is 3.